The number of nitrogens with one attached hydrogen (secondary N) is 1. The van der Waals surface area contributed by atoms with Crippen molar-refractivity contribution in [2.24, 2.45) is 5.92 Å². The minimum atomic E-state index is -0.129. The minimum absolute atomic E-state index is 0.129. The Morgan fingerprint density at radius 1 is 1.00 bits per heavy atom. The van der Waals surface area contributed by atoms with Crippen LogP contribution in [0, 0.1) is 5.92 Å². The lowest BCUT2D eigenvalue weighted by Crippen LogP contribution is -2.26. The van der Waals surface area contributed by atoms with Gasteiger partial charge in [0.2, 0.25) is 0 Å². The first-order valence-corrected chi connectivity index (χ1v) is 9.91. The maximum Gasteiger partial charge on any atom is 0.255 e. The van der Waals surface area contributed by atoms with Crippen LogP contribution in [0.15, 0.2) is 72.9 Å². The maximum absolute atomic E-state index is 12.9. The van der Waals surface area contributed by atoms with Gasteiger partial charge in [0.1, 0.15) is 0 Å². The van der Waals surface area contributed by atoms with Gasteiger partial charge in [-0.05, 0) is 12.3 Å². The van der Waals surface area contributed by atoms with Gasteiger partial charge in [0.05, 0.1) is 17.0 Å². The highest BCUT2D eigenvalue weighted by atomic mass is 16.1. The lowest BCUT2D eigenvalue weighted by Gasteiger charge is -2.12. The third kappa shape index (κ3) is 4.04. The molecule has 0 saturated carbocycles. The Morgan fingerprint density at radius 3 is 2.31 bits per heavy atom. The summed E-state index contributed by atoms with van der Waals surface area (Å²) in [7, 11) is 0. The van der Waals surface area contributed by atoms with E-state index in [9.17, 15) is 4.79 Å². The van der Waals surface area contributed by atoms with Crippen molar-refractivity contribution in [1.82, 2.24) is 19.9 Å². The minimum Gasteiger partial charge on any atom is -0.352 e. The molecule has 146 valence electrons. The lowest BCUT2D eigenvalue weighted by molar-refractivity contribution is 0.0952. The highest BCUT2D eigenvalue weighted by Crippen LogP contribution is 2.27. The van der Waals surface area contributed by atoms with Gasteiger partial charge in [-0.15, -0.1) is 0 Å². The van der Waals surface area contributed by atoms with Crippen LogP contribution in [0.3, 0.4) is 0 Å². The van der Waals surface area contributed by atoms with Crippen LogP contribution in [0.1, 0.15) is 30.6 Å². The summed E-state index contributed by atoms with van der Waals surface area (Å²) in [5.41, 5.74) is 4.75. The summed E-state index contributed by atoms with van der Waals surface area (Å²) in [6.45, 7) is 4.92. The predicted octanol–water partition coefficient (Wildman–Crippen LogP) is 4.84. The van der Waals surface area contributed by atoms with Crippen LogP contribution in [0.25, 0.3) is 28.2 Å². The number of aromatic nitrogens is 3. The standard InChI is InChI=1S/C24H24N4O/c1-17(2)13-14-25-24(29)20-16-26-22-15-21(18-9-5-3-6-10-18)27-28(22)23(20)19-11-7-4-8-12-19/h3-12,15-17H,13-14H2,1-2H3,(H,25,29). The molecule has 0 saturated heterocycles. The summed E-state index contributed by atoms with van der Waals surface area (Å²) in [5.74, 6) is 0.403. The van der Waals surface area contributed by atoms with Gasteiger partial charge < -0.3 is 5.32 Å². The zero-order valence-electron chi connectivity index (χ0n) is 16.7. The average Bonchev–Trinajstić information content (AvgIpc) is 3.18. The summed E-state index contributed by atoms with van der Waals surface area (Å²) in [5, 5.41) is 7.81. The molecule has 29 heavy (non-hydrogen) atoms. The molecule has 0 fully saturated rings. The zero-order chi connectivity index (χ0) is 20.2. The van der Waals surface area contributed by atoms with Crippen LogP contribution in [-0.2, 0) is 0 Å². The lowest BCUT2D eigenvalue weighted by atomic mass is 10.1. The second kappa shape index (κ2) is 8.27. The molecule has 2 aromatic heterocycles. The molecule has 1 amide bonds. The quantitative estimate of drug-likeness (QED) is 0.517. The van der Waals surface area contributed by atoms with E-state index in [1.165, 1.54) is 0 Å². The zero-order valence-corrected chi connectivity index (χ0v) is 16.7. The summed E-state index contributed by atoms with van der Waals surface area (Å²) in [6, 6.07) is 21.8. The van der Waals surface area contributed by atoms with Crippen molar-refractivity contribution in [1.29, 1.82) is 0 Å². The third-order valence-electron chi connectivity index (χ3n) is 4.85. The average molecular weight is 384 g/mol. The Morgan fingerprint density at radius 2 is 1.66 bits per heavy atom. The van der Waals surface area contributed by atoms with E-state index in [1.807, 2.05) is 66.7 Å². The highest BCUT2D eigenvalue weighted by Gasteiger charge is 2.19. The van der Waals surface area contributed by atoms with Crippen molar-refractivity contribution in [3.05, 3.63) is 78.5 Å². The number of amides is 1. The molecular formula is C24H24N4O. The van der Waals surface area contributed by atoms with Gasteiger partial charge in [-0.1, -0.05) is 74.5 Å². The van der Waals surface area contributed by atoms with E-state index in [0.717, 1.165) is 28.9 Å². The van der Waals surface area contributed by atoms with E-state index < -0.39 is 0 Å². The first kappa shape index (κ1) is 18.9. The number of fused-ring (bicyclic) bond motifs is 1. The topological polar surface area (TPSA) is 59.3 Å². The number of carbonyl (C=O) groups is 1. The largest absolute Gasteiger partial charge is 0.352 e. The normalized spacial score (nSPS) is 11.1. The van der Waals surface area contributed by atoms with Gasteiger partial charge in [-0.2, -0.15) is 5.10 Å². The first-order chi connectivity index (χ1) is 14.1. The van der Waals surface area contributed by atoms with Gasteiger partial charge >= 0.3 is 0 Å². The molecule has 4 rings (SSSR count). The van der Waals surface area contributed by atoms with Crippen molar-refractivity contribution < 1.29 is 4.79 Å². The van der Waals surface area contributed by atoms with Crippen molar-refractivity contribution in [2.45, 2.75) is 20.3 Å². The summed E-state index contributed by atoms with van der Waals surface area (Å²) < 4.78 is 1.77. The number of rotatable bonds is 6. The first-order valence-electron chi connectivity index (χ1n) is 9.91. The SMILES string of the molecule is CC(C)CCNC(=O)c1cnc2cc(-c3ccccc3)nn2c1-c1ccccc1. The Hall–Kier alpha value is -3.47. The van der Waals surface area contributed by atoms with E-state index in [0.29, 0.717) is 23.7 Å². The Bertz CT molecular complexity index is 1120. The molecule has 0 aliphatic heterocycles. The molecule has 0 spiro atoms. The molecule has 5 nitrogen and oxygen atoms in total. The molecule has 2 heterocycles. The van der Waals surface area contributed by atoms with Gasteiger partial charge in [-0.25, -0.2) is 9.50 Å². The molecule has 0 unspecified atom stereocenters. The Balaban J connectivity index is 1.82. The second-order valence-corrected chi connectivity index (χ2v) is 7.49. The molecule has 2 aromatic carbocycles. The molecule has 0 radical (unpaired) electrons. The molecule has 0 atom stereocenters. The molecule has 4 aromatic rings. The number of hydrogen-bond acceptors (Lipinski definition) is 3. The summed E-state index contributed by atoms with van der Waals surface area (Å²) >= 11 is 0. The van der Waals surface area contributed by atoms with Gasteiger partial charge in [-0.3, -0.25) is 4.79 Å². The Labute approximate surface area is 170 Å². The molecule has 0 bridgehead atoms. The maximum atomic E-state index is 12.9. The highest BCUT2D eigenvalue weighted by molar-refractivity contribution is 6.00. The van der Waals surface area contributed by atoms with Crippen LogP contribution in [0.4, 0.5) is 0 Å². The number of benzene rings is 2. The molecule has 0 aliphatic rings. The number of carbonyl (C=O) groups excluding carboxylic acids is 1. The molecule has 1 N–H and O–H groups in total. The molecule has 0 aliphatic carbocycles. The van der Waals surface area contributed by atoms with E-state index in [2.05, 4.69) is 24.1 Å². The van der Waals surface area contributed by atoms with Gasteiger partial charge in [0, 0.05) is 29.9 Å². The Kier molecular flexibility index (Phi) is 5.38. The van der Waals surface area contributed by atoms with E-state index in [-0.39, 0.29) is 5.91 Å². The monoisotopic (exact) mass is 384 g/mol. The van der Waals surface area contributed by atoms with Crippen LogP contribution < -0.4 is 5.32 Å². The van der Waals surface area contributed by atoms with Gasteiger partial charge in [0.15, 0.2) is 5.65 Å². The van der Waals surface area contributed by atoms with Crippen molar-refractivity contribution in [2.75, 3.05) is 6.54 Å². The van der Waals surface area contributed by atoms with E-state index in [1.54, 1.807) is 10.7 Å². The van der Waals surface area contributed by atoms with Crippen LogP contribution in [0.5, 0.6) is 0 Å². The van der Waals surface area contributed by atoms with Crippen LogP contribution >= 0.6 is 0 Å². The van der Waals surface area contributed by atoms with Crippen LogP contribution in [-0.4, -0.2) is 27.0 Å². The van der Waals surface area contributed by atoms with E-state index in [4.69, 9.17) is 5.10 Å². The number of nitrogens with zero attached hydrogens (tertiary/aromatic N) is 3. The fourth-order valence-corrected chi connectivity index (χ4v) is 3.29. The summed E-state index contributed by atoms with van der Waals surface area (Å²) in [6.07, 6.45) is 2.58. The van der Waals surface area contributed by atoms with Crippen molar-refractivity contribution >= 4 is 11.6 Å². The second-order valence-electron chi connectivity index (χ2n) is 7.49. The van der Waals surface area contributed by atoms with Crippen LogP contribution in [0.2, 0.25) is 0 Å². The predicted molar refractivity (Wildman–Crippen MR) is 116 cm³/mol. The van der Waals surface area contributed by atoms with Crippen molar-refractivity contribution in [3.8, 4) is 22.5 Å². The van der Waals surface area contributed by atoms with Gasteiger partial charge in [0.25, 0.3) is 5.91 Å². The fraction of sp³-hybridized carbons (Fsp3) is 0.208. The summed E-state index contributed by atoms with van der Waals surface area (Å²) in [4.78, 5) is 17.5. The molecule has 5 heteroatoms. The fourth-order valence-electron chi connectivity index (χ4n) is 3.29. The van der Waals surface area contributed by atoms with E-state index >= 15 is 0 Å². The number of hydrogen-bond donors (Lipinski definition) is 1. The van der Waals surface area contributed by atoms with Crippen molar-refractivity contribution in [3.63, 3.8) is 0 Å². The smallest absolute Gasteiger partial charge is 0.255 e. The third-order valence-corrected chi connectivity index (χ3v) is 4.85. The molecular weight excluding hydrogens is 360 g/mol.